The summed E-state index contributed by atoms with van der Waals surface area (Å²) >= 11 is 0. The number of ether oxygens (including phenoxy) is 1. The molecule has 0 amide bonds. The number of halogens is 4. The Morgan fingerprint density at radius 2 is 1.90 bits per heavy atom. The van der Waals surface area contributed by atoms with Gasteiger partial charge in [0.15, 0.2) is 0 Å². The maximum atomic E-state index is 13.8. The third kappa shape index (κ3) is 4.15. The molecule has 2 aromatic carbocycles. The smallest absolute Gasteiger partial charge is 0.416 e. The van der Waals surface area contributed by atoms with Crippen LogP contribution in [0.3, 0.4) is 0 Å². The third-order valence-corrected chi connectivity index (χ3v) is 6.39. The molecule has 11 heteroatoms. The second-order valence-corrected chi connectivity index (χ2v) is 8.86. The fourth-order valence-corrected chi connectivity index (χ4v) is 4.25. The minimum atomic E-state index is -4.75. The lowest BCUT2D eigenvalue weighted by Crippen LogP contribution is -2.18. The van der Waals surface area contributed by atoms with Gasteiger partial charge >= 0.3 is 6.18 Å². The molecule has 1 aliphatic heterocycles. The van der Waals surface area contributed by atoms with Crippen LogP contribution >= 0.6 is 0 Å². The summed E-state index contributed by atoms with van der Waals surface area (Å²) in [5, 5.41) is 4.28. The van der Waals surface area contributed by atoms with E-state index in [2.05, 4.69) is 9.82 Å². The van der Waals surface area contributed by atoms with Crippen LogP contribution in [0.4, 0.5) is 17.6 Å². The Bertz CT molecular complexity index is 1250. The number of aromatic nitrogens is 2. The van der Waals surface area contributed by atoms with Gasteiger partial charge in [-0.2, -0.15) is 18.3 Å². The van der Waals surface area contributed by atoms with Crippen molar-refractivity contribution in [1.29, 1.82) is 0 Å². The van der Waals surface area contributed by atoms with Crippen LogP contribution in [0.25, 0.3) is 11.1 Å². The number of nitrogens with one attached hydrogen (secondary N) is 1. The largest absolute Gasteiger partial charge is 0.457 e. The van der Waals surface area contributed by atoms with Gasteiger partial charge in [0.2, 0.25) is 10.0 Å². The van der Waals surface area contributed by atoms with E-state index >= 15 is 0 Å². The van der Waals surface area contributed by atoms with Gasteiger partial charge in [0.05, 0.1) is 16.7 Å². The summed E-state index contributed by atoms with van der Waals surface area (Å²) in [5.74, 6) is -1.38. The number of benzene rings is 2. The van der Waals surface area contributed by atoms with E-state index in [0.29, 0.717) is 36.2 Å². The van der Waals surface area contributed by atoms with Crippen LogP contribution in [-0.4, -0.2) is 25.2 Å². The molecule has 1 aromatic heterocycles. The molecule has 1 aliphatic rings. The highest BCUT2D eigenvalue weighted by Crippen LogP contribution is 2.40. The van der Waals surface area contributed by atoms with Crippen LogP contribution in [0.5, 0.6) is 11.5 Å². The molecule has 0 saturated heterocycles. The molecule has 0 saturated carbocycles. The molecule has 3 aromatic rings. The first-order valence-electron chi connectivity index (χ1n) is 9.27. The first-order chi connectivity index (χ1) is 14.6. The molecule has 31 heavy (non-hydrogen) atoms. The van der Waals surface area contributed by atoms with Gasteiger partial charge in [-0.25, -0.2) is 17.5 Å². The van der Waals surface area contributed by atoms with Crippen LogP contribution in [0.2, 0.25) is 0 Å². The monoisotopic (exact) mass is 455 g/mol. The quantitative estimate of drug-likeness (QED) is 0.581. The number of aryl methyl sites for hydroxylation is 1. The zero-order chi connectivity index (χ0) is 22.4. The highest BCUT2D eigenvalue weighted by Gasteiger charge is 2.32. The van der Waals surface area contributed by atoms with E-state index in [-0.39, 0.29) is 16.4 Å². The lowest BCUT2D eigenvalue weighted by Gasteiger charge is -2.15. The van der Waals surface area contributed by atoms with E-state index in [9.17, 15) is 26.0 Å². The lowest BCUT2D eigenvalue weighted by molar-refractivity contribution is -0.137. The highest BCUT2D eigenvalue weighted by atomic mass is 32.2. The first-order valence-corrected chi connectivity index (χ1v) is 10.7. The van der Waals surface area contributed by atoms with Crippen molar-refractivity contribution in [2.75, 3.05) is 7.05 Å². The molecule has 0 atom stereocenters. The Labute approximate surface area is 175 Å². The molecule has 164 valence electrons. The Hall–Kier alpha value is -2.92. The topological polar surface area (TPSA) is 73.2 Å². The predicted molar refractivity (Wildman–Crippen MR) is 104 cm³/mol. The van der Waals surface area contributed by atoms with E-state index in [1.165, 1.54) is 25.2 Å². The summed E-state index contributed by atoms with van der Waals surface area (Å²) < 4.78 is 87.1. The fourth-order valence-electron chi connectivity index (χ4n) is 3.49. The maximum Gasteiger partial charge on any atom is 0.416 e. The molecule has 0 aliphatic carbocycles. The van der Waals surface area contributed by atoms with Crippen LogP contribution in [0.15, 0.2) is 47.5 Å². The average Bonchev–Trinajstić information content (AvgIpc) is 3.31. The van der Waals surface area contributed by atoms with Crippen molar-refractivity contribution in [2.45, 2.75) is 30.5 Å². The molecule has 2 heterocycles. The summed E-state index contributed by atoms with van der Waals surface area (Å²) in [6.45, 7) is 0.707. The summed E-state index contributed by atoms with van der Waals surface area (Å²) in [6.07, 6.45) is -1.63. The Morgan fingerprint density at radius 3 is 2.61 bits per heavy atom. The van der Waals surface area contributed by atoms with Crippen molar-refractivity contribution in [3.8, 4) is 22.6 Å². The summed E-state index contributed by atoms with van der Waals surface area (Å²) in [6, 6.07) is 5.85. The minimum Gasteiger partial charge on any atom is -0.457 e. The molecule has 0 bridgehead atoms. The van der Waals surface area contributed by atoms with Gasteiger partial charge < -0.3 is 4.74 Å². The number of alkyl halides is 3. The zero-order valence-electron chi connectivity index (χ0n) is 16.2. The van der Waals surface area contributed by atoms with Crippen LogP contribution in [0.1, 0.15) is 17.7 Å². The number of rotatable bonds is 5. The number of hydrogen-bond acceptors (Lipinski definition) is 4. The SMILES string of the molecule is CNS(=O)(=O)c1ccc(Oc2cc(F)cc(C(F)(F)F)c2)c(-c2cnn3c2CCC3)c1. The molecule has 0 radical (unpaired) electrons. The standard InChI is InChI=1S/C20H17F4N3O3S/c1-25-31(28,29)15-4-5-19(16(10-15)17-11-26-27-6-2-3-18(17)27)30-14-8-12(20(22,23)24)7-13(21)9-14/h4-5,7-11,25H,2-3,6H2,1H3. The second-order valence-electron chi connectivity index (χ2n) is 6.97. The maximum absolute atomic E-state index is 13.8. The van der Waals surface area contributed by atoms with E-state index in [0.717, 1.165) is 18.2 Å². The number of sulfonamides is 1. The van der Waals surface area contributed by atoms with Gasteiger partial charge in [-0.15, -0.1) is 0 Å². The Morgan fingerprint density at radius 1 is 1.13 bits per heavy atom. The van der Waals surface area contributed by atoms with Gasteiger partial charge in [-0.3, -0.25) is 4.68 Å². The van der Waals surface area contributed by atoms with Crippen molar-refractivity contribution < 1.29 is 30.7 Å². The van der Waals surface area contributed by atoms with Crippen molar-refractivity contribution in [3.63, 3.8) is 0 Å². The predicted octanol–water partition coefficient (Wildman–Crippen LogP) is 4.35. The zero-order valence-corrected chi connectivity index (χ0v) is 17.0. The molecule has 0 unspecified atom stereocenters. The van der Waals surface area contributed by atoms with Crippen molar-refractivity contribution in [2.24, 2.45) is 0 Å². The number of nitrogens with zero attached hydrogens (tertiary/aromatic N) is 2. The average molecular weight is 455 g/mol. The van der Waals surface area contributed by atoms with E-state index in [1.807, 2.05) is 0 Å². The molecule has 0 spiro atoms. The first kappa shape index (κ1) is 21.3. The van der Waals surface area contributed by atoms with E-state index in [4.69, 9.17) is 4.74 Å². The molecular formula is C20H17F4N3O3S. The molecule has 0 fully saturated rings. The molecular weight excluding hydrogens is 438 g/mol. The van der Waals surface area contributed by atoms with Gasteiger partial charge in [0, 0.05) is 29.4 Å². The van der Waals surface area contributed by atoms with Crippen molar-refractivity contribution >= 4 is 10.0 Å². The van der Waals surface area contributed by atoms with Crippen LogP contribution in [0, 0.1) is 5.82 Å². The number of hydrogen-bond donors (Lipinski definition) is 1. The second kappa shape index (κ2) is 7.65. The fraction of sp³-hybridized carbons (Fsp3) is 0.250. The highest BCUT2D eigenvalue weighted by molar-refractivity contribution is 7.89. The third-order valence-electron chi connectivity index (χ3n) is 4.98. The molecule has 1 N–H and O–H groups in total. The van der Waals surface area contributed by atoms with Gasteiger partial charge in [-0.1, -0.05) is 0 Å². The van der Waals surface area contributed by atoms with E-state index < -0.39 is 27.6 Å². The number of fused-ring (bicyclic) bond motifs is 1. The van der Waals surface area contributed by atoms with E-state index in [1.54, 1.807) is 10.9 Å². The molecule has 4 rings (SSSR count). The van der Waals surface area contributed by atoms with Gasteiger partial charge in [-0.05, 0) is 50.2 Å². The molecule has 6 nitrogen and oxygen atoms in total. The van der Waals surface area contributed by atoms with Gasteiger partial charge in [0.1, 0.15) is 17.3 Å². The van der Waals surface area contributed by atoms with Crippen LogP contribution < -0.4 is 9.46 Å². The summed E-state index contributed by atoms with van der Waals surface area (Å²) in [7, 11) is -2.52. The lowest BCUT2D eigenvalue weighted by atomic mass is 10.0. The Kier molecular flexibility index (Phi) is 5.26. The summed E-state index contributed by atoms with van der Waals surface area (Å²) in [4.78, 5) is -0.0504. The summed E-state index contributed by atoms with van der Waals surface area (Å²) in [5.41, 5.74) is 0.606. The van der Waals surface area contributed by atoms with Crippen LogP contribution in [-0.2, 0) is 29.2 Å². The van der Waals surface area contributed by atoms with Crippen molar-refractivity contribution in [3.05, 3.63) is 59.7 Å². The van der Waals surface area contributed by atoms with Gasteiger partial charge in [0.25, 0.3) is 0 Å². The Balaban J connectivity index is 1.84. The normalized spacial score (nSPS) is 14.0. The van der Waals surface area contributed by atoms with Crippen molar-refractivity contribution in [1.82, 2.24) is 14.5 Å². The minimum absolute atomic E-state index is 0.0504.